The number of para-hydroxylation sites is 1. The lowest BCUT2D eigenvalue weighted by atomic mass is 10.2. The Kier molecular flexibility index (Phi) is 3.79. The molecule has 1 aromatic heterocycles. The number of methoxy groups -OCH3 is 1. The molecule has 0 atom stereocenters. The molecule has 0 aliphatic rings. The maximum atomic E-state index is 5.38. The van der Waals surface area contributed by atoms with Gasteiger partial charge in [-0.15, -0.1) is 5.10 Å². The Bertz CT molecular complexity index is 767. The molecule has 1 heterocycles. The number of hydrogen-bond acceptors (Lipinski definition) is 4. The summed E-state index contributed by atoms with van der Waals surface area (Å²) in [6.45, 7) is 0.478. The summed E-state index contributed by atoms with van der Waals surface area (Å²) in [5.74, 6) is 0.809. The van der Waals surface area contributed by atoms with E-state index in [0.717, 1.165) is 22.3 Å². The van der Waals surface area contributed by atoms with Gasteiger partial charge in [-0.05, 0) is 36.4 Å². The molecule has 0 amide bonds. The largest absolute Gasteiger partial charge is 0.497 e. The summed E-state index contributed by atoms with van der Waals surface area (Å²) in [6, 6.07) is 15.4. The van der Waals surface area contributed by atoms with E-state index < -0.39 is 0 Å². The van der Waals surface area contributed by atoms with E-state index in [1.807, 2.05) is 48.5 Å². The Morgan fingerprint density at radius 1 is 1.19 bits per heavy atom. The quantitative estimate of drug-likeness (QED) is 0.749. The van der Waals surface area contributed by atoms with Gasteiger partial charge in [0.05, 0.1) is 12.6 Å². The normalized spacial score (nSPS) is 10.5. The lowest BCUT2D eigenvalue weighted by Crippen LogP contribution is -2.25. The predicted molar refractivity (Wildman–Crippen MR) is 85.4 cm³/mol. The van der Waals surface area contributed by atoms with Gasteiger partial charge in [0.2, 0.25) is 0 Å². The van der Waals surface area contributed by atoms with Gasteiger partial charge in [0.1, 0.15) is 22.9 Å². The monoisotopic (exact) mass is 298 g/mol. The van der Waals surface area contributed by atoms with Crippen molar-refractivity contribution in [2.24, 2.45) is 0 Å². The number of nitrogens with zero attached hydrogens (tertiary/aromatic N) is 3. The van der Waals surface area contributed by atoms with Crippen molar-refractivity contribution in [3.63, 3.8) is 0 Å². The van der Waals surface area contributed by atoms with Gasteiger partial charge in [0.15, 0.2) is 0 Å². The zero-order valence-corrected chi connectivity index (χ0v) is 12.3. The van der Waals surface area contributed by atoms with Crippen LogP contribution in [0.5, 0.6) is 5.75 Å². The number of benzene rings is 2. The molecule has 2 aromatic carbocycles. The molecule has 0 saturated heterocycles. The first-order valence-electron chi connectivity index (χ1n) is 6.48. The van der Waals surface area contributed by atoms with Gasteiger partial charge < -0.3 is 10.1 Å². The molecule has 0 aliphatic carbocycles. The molecule has 1 N–H and O–H groups in total. The minimum Gasteiger partial charge on any atom is -0.497 e. The number of nitrogens with one attached hydrogen (secondary N) is 1. The Balaban J connectivity index is 1.70. The fourth-order valence-corrected chi connectivity index (χ4v) is 2.23. The van der Waals surface area contributed by atoms with Gasteiger partial charge >= 0.3 is 0 Å². The summed E-state index contributed by atoms with van der Waals surface area (Å²) in [4.78, 5) is 0.664. The SMILES string of the molecule is COc1ccc(C(=S)NCn2nnc3ccccc32)cc1. The number of thiocarbonyl (C=S) groups is 1. The van der Waals surface area contributed by atoms with Crippen LogP contribution in [0.2, 0.25) is 0 Å². The Hall–Kier alpha value is -2.47. The molecule has 3 rings (SSSR count). The highest BCUT2D eigenvalue weighted by Gasteiger charge is 2.05. The number of ether oxygens (including phenoxy) is 1. The predicted octanol–water partition coefficient (Wildman–Crippen LogP) is 2.36. The second-order valence-electron chi connectivity index (χ2n) is 4.47. The van der Waals surface area contributed by atoms with Crippen LogP contribution in [0.15, 0.2) is 48.5 Å². The lowest BCUT2D eigenvalue weighted by Gasteiger charge is -2.09. The number of hydrogen-bond donors (Lipinski definition) is 1. The van der Waals surface area contributed by atoms with E-state index in [1.165, 1.54) is 0 Å². The summed E-state index contributed by atoms with van der Waals surface area (Å²) in [5, 5.41) is 11.4. The van der Waals surface area contributed by atoms with Crippen molar-refractivity contribution in [2.75, 3.05) is 7.11 Å². The van der Waals surface area contributed by atoms with Crippen LogP contribution in [-0.2, 0) is 6.67 Å². The van der Waals surface area contributed by atoms with E-state index in [9.17, 15) is 0 Å². The molecule has 6 heteroatoms. The van der Waals surface area contributed by atoms with E-state index in [0.29, 0.717) is 11.7 Å². The molecule has 0 radical (unpaired) electrons. The summed E-state index contributed by atoms with van der Waals surface area (Å²) < 4.78 is 6.91. The maximum absolute atomic E-state index is 5.38. The molecular formula is C15H14N4OS. The molecule has 0 unspecified atom stereocenters. The second kappa shape index (κ2) is 5.88. The molecule has 0 fully saturated rings. The van der Waals surface area contributed by atoms with E-state index in [4.69, 9.17) is 17.0 Å². The van der Waals surface area contributed by atoms with Crippen LogP contribution >= 0.6 is 12.2 Å². The molecule has 0 aliphatic heterocycles. The third-order valence-electron chi connectivity index (χ3n) is 3.16. The topological polar surface area (TPSA) is 52.0 Å². The summed E-state index contributed by atoms with van der Waals surface area (Å²) in [6.07, 6.45) is 0. The van der Waals surface area contributed by atoms with Gasteiger partial charge in [0, 0.05) is 5.56 Å². The van der Waals surface area contributed by atoms with Crippen LogP contribution in [0.4, 0.5) is 0 Å². The van der Waals surface area contributed by atoms with Gasteiger partial charge in [-0.1, -0.05) is 29.6 Å². The highest BCUT2D eigenvalue weighted by molar-refractivity contribution is 7.80. The van der Waals surface area contributed by atoms with Crippen LogP contribution in [-0.4, -0.2) is 27.1 Å². The average molecular weight is 298 g/mol. The number of fused-ring (bicyclic) bond motifs is 1. The summed E-state index contributed by atoms with van der Waals surface area (Å²) in [7, 11) is 1.64. The molecule has 0 spiro atoms. The molecule has 0 saturated carbocycles. The lowest BCUT2D eigenvalue weighted by molar-refractivity contribution is 0.415. The standard InChI is InChI=1S/C15H14N4OS/c1-20-12-8-6-11(7-9-12)15(21)16-10-19-14-5-3-2-4-13(14)17-18-19/h2-9H,10H2,1H3,(H,16,21). The molecule has 5 nitrogen and oxygen atoms in total. The first-order chi connectivity index (χ1) is 10.3. The van der Waals surface area contributed by atoms with Crippen LogP contribution in [0.3, 0.4) is 0 Å². The van der Waals surface area contributed by atoms with Crippen LogP contribution in [0.1, 0.15) is 5.56 Å². The fourth-order valence-electron chi connectivity index (χ4n) is 2.03. The van der Waals surface area contributed by atoms with Gasteiger partial charge in [-0.25, -0.2) is 4.68 Å². The maximum Gasteiger partial charge on any atom is 0.118 e. The molecular weight excluding hydrogens is 284 g/mol. The van der Waals surface area contributed by atoms with Gasteiger partial charge in [-0.2, -0.15) is 0 Å². The van der Waals surface area contributed by atoms with Crippen LogP contribution in [0.25, 0.3) is 11.0 Å². The number of aromatic nitrogens is 3. The zero-order valence-electron chi connectivity index (χ0n) is 11.5. The number of rotatable bonds is 4. The smallest absolute Gasteiger partial charge is 0.118 e. The summed E-state index contributed by atoms with van der Waals surface area (Å²) in [5.41, 5.74) is 2.78. The van der Waals surface area contributed by atoms with Gasteiger partial charge in [-0.3, -0.25) is 0 Å². The molecule has 21 heavy (non-hydrogen) atoms. The van der Waals surface area contributed by atoms with Crippen molar-refractivity contribution in [2.45, 2.75) is 6.67 Å². The summed E-state index contributed by atoms with van der Waals surface area (Å²) >= 11 is 5.38. The van der Waals surface area contributed by atoms with Crippen molar-refractivity contribution < 1.29 is 4.74 Å². The third kappa shape index (κ3) is 2.85. The van der Waals surface area contributed by atoms with Gasteiger partial charge in [0.25, 0.3) is 0 Å². The van der Waals surface area contributed by atoms with E-state index in [2.05, 4.69) is 15.6 Å². The second-order valence-corrected chi connectivity index (χ2v) is 4.88. The Morgan fingerprint density at radius 2 is 1.95 bits per heavy atom. The van der Waals surface area contributed by atoms with E-state index in [-0.39, 0.29) is 0 Å². The Morgan fingerprint density at radius 3 is 2.71 bits per heavy atom. The highest BCUT2D eigenvalue weighted by atomic mass is 32.1. The van der Waals surface area contributed by atoms with E-state index >= 15 is 0 Å². The molecule has 3 aromatic rings. The molecule has 0 bridgehead atoms. The van der Waals surface area contributed by atoms with Crippen molar-refractivity contribution in [1.29, 1.82) is 0 Å². The highest BCUT2D eigenvalue weighted by Crippen LogP contribution is 2.12. The van der Waals surface area contributed by atoms with E-state index in [1.54, 1.807) is 11.8 Å². The first-order valence-corrected chi connectivity index (χ1v) is 6.89. The van der Waals surface area contributed by atoms with Crippen molar-refractivity contribution in [3.05, 3.63) is 54.1 Å². The van der Waals surface area contributed by atoms with Crippen molar-refractivity contribution >= 4 is 28.2 Å². The van der Waals surface area contributed by atoms with Crippen LogP contribution < -0.4 is 10.1 Å². The van der Waals surface area contributed by atoms with Crippen molar-refractivity contribution in [3.8, 4) is 5.75 Å². The fraction of sp³-hybridized carbons (Fsp3) is 0.133. The zero-order chi connectivity index (χ0) is 14.7. The van der Waals surface area contributed by atoms with Crippen LogP contribution in [0, 0.1) is 0 Å². The minimum atomic E-state index is 0.478. The third-order valence-corrected chi connectivity index (χ3v) is 3.54. The Labute approximate surface area is 127 Å². The molecule has 106 valence electrons. The average Bonchev–Trinajstić information content (AvgIpc) is 2.96. The first kappa shape index (κ1) is 13.5. The van der Waals surface area contributed by atoms with Crippen molar-refractivity contribution in [1.82, 2.24) is 20.3 Å². The minimum absolute atomic E-state index is 0.478.